The van der Waals surface area contributed by atoms with Gasteiger partial charge < -0.3 is 15.8 Å². The third-order valence-corrected chi connectivity index (χ3v) is 1.93. The molecule has 0 unspecified atom stereocenters. The van der Waals surface area contributed by atoms with E-state index in [1.807, 2.05) is 24.3 Å². The molecule has 0 aliphatic heterocycles. The van der Waals surface area contributed by atoms with Crippen molar-refractivity contribution in [2.45, 2.75) is 26.3 Å². The van der Waals surface area contributed by atoms with Crippen molar-refractivity contribution in [2.75, 3.05) is 18.9 Å². The average molecular weight is 208 g/mol. The van der Waals surface area contributed by atoms with Crippen LogP contribution >= 0.6 is 0 Å². The second kappa shape index (κ2) is 5.03. The van der Waals surface area contributed by atoms with Crippen LogP contribution in [0.5, 0.6) is 5.75 Å². The molecule has 0 saturated heterocycles. The summed E-state index contributed by atoms with van der Waals surface area (Å²) in [6.45, 7) is 7.83. The molecule has 0 saturated carbocycles. The Morgan fingerprint density at radius 1 is 1.27 bits per heavy atom. The minimum Gasteiger partial charge on any atom is -0.490 e. The van der Waals surface area contributed by atoms with Gasteiger partial charge in [0.15, 0.2) is 0 Å². The fourth-order valence-electron chi connectivity index (χ4n) is 1.20. The molecule has 0 spiro atoms. The highest BCUT2D eigenvalue weighted by Crippen LogP contribution is 2.19. The van der Waals surface area contributed by atoms with Crippen LogP contribution in [0.1, 0.15) is 20.8 Å². The minimum atomic E-state index is 0.131. The Balaban J connectivity index is 2.30. The number of hydrogen-bond donors (Lipinski definition) is 2. The van der Waals surface area contributed by atoms with E-state index in [0.717, 1.165) is 12.3 Å². The number of benzene rings is 1. The molecule has 1 aromatic rings. The number of para-hydroxylation sites is 2. The molecule has 3 nitrogen and oxygen atoms in total. The molecule has 0 atom stereocenters. The lowest BCUT2D eigenvalue weighted by atomic mass is 10.1. The monoisotopic (exact) mass is 208 g/mol. The van der Waals surface area contributed by atoms with Crippen molar-refractivity contribution in [3.63, 3.8) is 0 Å². The zero-order valence-electron chi connectivity index (χ0n) is 9.71. The van der Waals surface area contributed by atoms with Crippen molar-refractivity contribution < 1.29 is 4.74 Å². The number of nitrogen functional groups attached to an aromatic ring is 1. The summed E-state index contributed by atoms with van der Waals surface area (Å²) in [5, 5.41) is 3.35. The quantitative estimate of drug-likeness (QED) is 0.588. The summed E-state index contributed by atoms with van der Waals surface area (Å²) in [7, 11) is 0. The first-order valence-corrected chi connectivity index (χ1v) is 5.21. The van der Waals surface area contributed by atoms with E-state index < -0.39 is 0 Å². The van der Waals surface area contributed by atoms with Crippen molar-refractivity contribution >= 4 is 5.69 Å². The van der Waals surface area contributed by atoms with Gasteiger partial charge in [-0.15, -0.1) is 0 Å². The largest absolute Gasteiger partial charge is 0.490 e. The Hall–Kier alpha value is -1.22. The minimum absolute atomic E-state index is 0.131. The molecule has 0 aliphatic carbocycles. The maximum atomic E-state index is 5.74. The molecule has 84 valence electrons. The van der Waals surface area contributed by atoms with E-state index in [1.165, 1.54) is 0 Å². The molecule has 3 heteroatoms. The van der Waals surface area contributed by atoms with Crippen LogP contribution in [0.25, 0.3) is 0 Å². The SMILES string of the molecule is CC(C)(C)NCCOc1ccccc1N. The number of nitrogens with two attached hydrogens (primary N) is 1. The standard InChI is InChI=1S/C12H20N2O/c1-12(2,3)14-8-9-15-11-7-5-4-6-10(11)13/h4-7,14H,8-9,13H2,1-3H3. The lowest BCUT2D eigenvalue weighted by molar-refractivity contribution is 0.292. The number of rotatable bonds is 4. The molecule has 0 aromatic heterocycles. The second-order valence-corrected chi connectivity index (χ2v) is 4.56. The van der Waals surface area contributed by atoms with Crippen molar-refractivity contribution in [1.82, 2.24) is 5.32 Å². The Morgan fingerprint density at radius 3 is 2.53 bits per heavy atom. The van der Waals surface area contributed by atoms with Crippen molar-refractivity contribution in [1.29, 1.82) is 0 Å². The molecule has 0 fully saturated rings. The predicted octanol–water partition coefficient (Wildman–Crippen LogP) is 2.04. The molecule has 3 N–H and O–H groups in total. The zero-order valence-corrected chi connectivity index (χ0v) is 9.71. The van der Waals surface area contributed by atoms with E-state index in [-0.39, 0.29) is 5.54 Å². The highest BCUT2D eigenvalue weighted by molar-refractivity contribution is 5.51. The molecule has 0 bridgehead atoms. The first-order chi connectivity index (χ1) is 6.99. The molecule has 0 radical (unpaired) electrons. The van der Waals surface area contributed by atoms with Crippen LogP contribution in [0.2, 0.25) is 0 Å². The number of ether oxygens (including phenoxy) is 1. The van der Waals surface area contributed by atoms with Gasteiger partial charge in [-0.05, 0) is 32.9 Å². The number of hydrogen-bond acceptors (Lipinski definition) is 3. The first kappa shape index (κ1) is 11.9. The lowest BCUT2D eigenvalue weighted by Crippen LogP contribution is -2.38. The van der Waals surface area contributed by atoms with Crippen molar-refractivity contribution in [3.05, 3.63) is 24.3 Å². The van der Waals surface area contributed by atoms with E-state index in [0.29, 0.717) is 12.3 Å². The number of nitrogens with one attached hydrogen (secondary N) is 1. The van der Waals surface area contributed by atoms with Crippen molar-refractivity contribution in [3.8, 4) is 5.75 Å². The van der Waals surface area contributed by atoms with Crippen LogP contribution in [0.4, 0.5) is 5.69 Å². The number of anilines is 1. The van der Waals surface area contributed by atoms with Gasteiger partial charge in [0.1, 0.15) is 12.4 Å². The van der Waals surface area contributed by atoms with E-state index in [9.17, 15) is 0 Å². The second-order valence-electron chi connectivity index (χ2n) is 4.56. The maximum absolute atomic E-state index is 5.74. The Labute approximate surface area is 91.6 Å². The summed E-state index contributed by atoms with van der Waals surface area (Å²) in [6, 6.07) is 7.54. The van der Waals surface area contributed by atoms with Gasteiger partial charge in [-0.2, -0.15) is 0 Å². The van der Waals surface area contributed by atoms with Gasteiger partial charge in [-0.3, -0.25) is 0 Å². The maximum Gasteiger partial charge on any atom is 0.142 e. The third-order valence-electron chi connectivity index (χ3n) is 1.93. The predicted molar refractivity (Wildman–Crippen MR) is 64.1 cm³/mol. The van der Waals surface area contributed by atoms with E-state index in [2.05, 4.69) is 26.1 Å². The lowest BCUT2D eigenvalue weighted by Gasteiger charge is -2.20. The third kappa shape index (κ3) is 4.70. The molecule has 1 aromatic carbocycles. The topological polar surface area (TPSA) is 47.3 Å². The normalized spacial score (nSPS) is 11.4. The fraction of sp³-hybridized carbons (Fsp3) is 0.500. The van der Waals surface area contributed by atoms with Gasteiger partial charge in [0.05, 0.1) is 5.69 Å². The summed E-state index contributed by atoms with van der Waals surface area (Å²) in [5.74, 6) is 0.758. The van der Waals surface area contributed by atoms with Crippen LogP contribution < -0.4 is 15.8 Å². The Bertz CT molecular complexity index is 305. The fourth-order valence-corrected chi connectivity index (χ4v) is 1.20. The summed E-state index contributed by atoms with van der Waals surface area (Å²) in [5.41, 5.74) is 6.56. The van der Waals surface area contributed by atoms with Crippen LogP contribution in [-0.2, 0) is 0 Å². The zero-order chi connectivity index (χ0) is 11.3. The molecule has 0 amide bonds. The van der Waals surface area contributed by atoms with Crippen LogP contribution in [0.3, 0.4) is 0 Å². The van der Waals surface area contributed by atoms with Gasteiger partial charge in [-0.1, -0.05) is 12.1 Å². The van der Waals surface area contributed by atoms with Crippen LogP contribution in [0.15, 0.2) is 24.3 Å². The van der Waals surface area contributed by atoms with Gasteiger partial charge in [-0.25, -0.2) is 0 Å². The highest BCUT2D eigenvalue weighted by atomic mass is 16.5. The van der Waals surface area contributed by atoms with Gasteiger partial charge in [0.2, 0.25) is 0 Å². The molecule has 0 aliphatic rings. The van der Waals surface area contributed by atoms with E-state index in [4.69, 9.17) is 10.5 Å². The summed E-state index contributed by atoms with van der Waals surface area (Å²) >= 11 is 0. The Kier molecular flexibility index (Phi) is 3.97. The van der Waals surface area contributed by atoms with Gasteiger partial charge in [0, 0.05) is 12.1 Å². The van der Waals surface area contributed by atoms with Crippen molar-refractivity contribution in [2.24, 2.45) is 0 Å². The molecule has 1 rings (SSSR count). The Morgan fingerprint density at radius 2 is 1.93 bits per heavy atom. The van der Waals surface area contributed by atoms with Crippen LogP contribution in [0, 0.1) is 0 Å². The van der Waals surface area contributed by atoms with Crippen LogP contribution in [-0.4, -0.2) is 18.7 Å². The summed E-state index contributed by atoms with van der Waals surface area (Å²) < 4.78 is 5.54. The summed E-state index contributed by atoms with van der Waals surface area (Å²) in [4.78, 5) is 0. The molecule has 15 heavy (non-hydrogen) atoms. The molecular weight excluding hydrogens is 188 g/mol. The highest BCUT2D eigenvalue weighted by Gasteiger charge is 2.07. The molecule has 0 heterocycles. The van der Waals surface area contributed by atoms with Gasteiger partial charge in [0.25, 0.3) is 0 Å². The first-order valence-electron chi connectivity index (χ1n) is 5.21. The average Bonchev–Trinajstić information content (AvgIpc) is 2.13. The molecular formula is C12H20N2O. The summed E-state index contributed by atoms with van der Waals surface area (Å²) in [6.07, 6.45) is 0. The van der Waals surface area contributed by atoms with Gasteiger partial charge >= 0.3 is 0 Å². The van der Waals surface area contributed by atoms with E-state index >= 15 is 0 Å². The van der Waals surface area contributed by atoms with E-state index in [1.54, 1.807) is 0 Å². The smallest absolute Gasteiger partial charge is 0.142 e.